The van der Waals surface area contributed by atoms with Gasteiger partial charge in [-0.2, -0.15) is 0 Å². The van der Waals surface area contributed by atoms with E-state index in [4.69, 9.17) is 0 Å². The maximum absolute atomic E-state index is 12.4. The van der Waals surface area contributed by atoms with E-state index in [1.807, 2.05) is 24.8 Å². The average Bonchev–Trinajstić information content (AvgIpc) is 2.47. The molecule has 2 rings (SSSR count). The Labute approximate surface area is 116 Å². The van der Waals surface area contributed by atoms with E-state index < -0.39 is 0 Å². The van der Waals surface area contributed by atoms with Crippen LogP contribution in [0.4, 0.5) is 0 Å². The van der Waals surface area contributed by atoms with E-state index in [1.54, 1.807) is 0 Å². The Hall–Kier alpha value is -1.57. The van der Waals surface area contributed by atoms with Gasteiger partial charge in [-0.15, -0.1) is 0 Å². The van der Waals surface area contributed by atoms with Gasteiger partial charge in [0.2, 0.25) is 5.91 Å². The number of nitrogens with zero attached hydrogens (tertiary/aromatic N) is 1. The lowest BCUT2D eigenvalue weighted by Crippen LogP contribution is -2.42. The van der Waals surface area contributed by atoms with Gasteiger partial charge >= 0.3 is 0 Å². The predicted octanol–water partition coefficient (Wildman–Crippen LogP) is 3.74. The molecular formula is C17H23NO. The van der Waals surface area contributed by atoms with Crippen LogP contribution in [-0.4, -0.2) is 23.9 Å². The minimum absolute atomic E-state index is 0.238. The molecule has 1 amide bonds. The van der Waals surface area contributed by atoms with Crippen molar-refractivity contribution in [1.82, 2.24) is 4.90 Å². The van der Waals surface area contributed by atoms with Crippen LogP contribution in [0.15, 0.2) is 36.4 Å². The molecule has 0 aliphatic carbocycles. The molecule has 1 aliphatic heterocycles. The Morgan fingerprint density at radius 2 is 1.95 bits per heavy atom. The van der Waals surface area contributed by atoms with Crippen LogP contribution in [0.25, 0.3) is 5.57 Å². The van der Waals surface area contributed by atoms with Gasteiger partial charge < -0.3 is 4.90 Å². The maximum atomic E-state index is 12.4. The summed E-state index contributed by atoms with van der Waals surface area (Å²) < 4.78 is 0. The SMILES string of the molecule is CCC(C)(C)C(=O)N1CC=C(c2ccccc2)CC1. The van der Waals surface area contributed by atoms with Gasteiger partial charge in [0, 0.05) is 18.5 Å². The van der Waals surface area contributed by atoms with E-state index in [1.165, 1.54) is 11.1 Å². The summed E-state index contributed by atoms with van der Waals surface area (Å²) in [5.74, 6) is 0.276. The monoisotopic (exact) mass is 257 g/mol. The number of benzene rings is 1. The van der Waals surface area contributed by atoms with Crippen molar-refractivity contribution in [3.05, 3.63) is 42.0 Å². The fourth-order valence-electron chi connectivity index (χ4n) is 2.35. The number of hydrogen-bond acceptors (Lipinski definition) is 1. The summed E-state index contributed by atoms with van der Waals surface area (Å²) in [6.07, 6.45) is 4.04. The highest BCUT2D eigenvalue weighted by molar-refractivity contribution is 5.83. The van der Waals surface area contributed by atoms with E-state index in [0.29, 0.717) is 0 Å². The van der Waals surface area contributed by atoms with Crippen molar-refractivity contribution in [3.63, 3.8) is 0 Å². The molecule has 0 spiro atoms. The first-order valence-electron chi connectivity index (χ1n) is 7.08. The zero-order valence-corrected chi connectivity index (χ0v) is 12.1. The van der Waals surface area contributed by atoms with Gasteiger partial charge in [-0.1, -0.05) is 57.2 Å². The van der Waals surface area contributed by atoms with Gasteiger partial charge in [-0.05, 0) is 24.0 Å². The second-order valence-corrected chi connectivity index (χ2v) is 5.83. The van der Waals surface area contributed by atoms with Crippen LogP contribution in [0.2, 0.25) is 0 Å². The standard InChI is InChI=1S/C17H23NO/c1-4-17(2,3)16(19)18-12-10-15(11-13-18)14-8-6-5-7-9-14/h5-10H,4,11-13H2,1-3H3. The highest BCUT2D eigenvalue weighted by atomic mass is 16.2. The molecule has 2 nitrogen and oxygen atoms in total. The molecule has 0 N–H and O–H groups in total. The van der Waals surface area contributed by atoms with Gasteiger partial charge in [0.15, 0.2) is 0 Å². The van der Waals surface area contributed by atoms with Crippen LogP contribution in [-0.2, 0) is 4.79 Å². The lowest BCUT2D eigenvalue weighted by atomic mass is 9.87. The summed E-state index contributed by atoms with van der Waals surface area (Å²) in [5, 5.41) is 0. The third-order valence-corrected chi connectivity index (χ3v) is 4.10. The third-order valence-electron chi connectivity index (χ3n) is 4.10. The highest BCUT2D eigenvalue weighted by Crippen LogP contribution is 2.27. The molecule has 0 fully saturated rings. The van der Waals surface area contributed by atoms with Crippen LogP contribution < -0.4 is 0 Å². The summed E-state index contributed by atoms with van der Waals surface area (Å²) in [4.78, 5) is 14.4. The first-order chi connectivity index (χ1) is 9.04. The van der Waals surface area contributed by atoms with Crippen molar-refractivity contribution in [2.24, 2.45) is 5.41 Å². The van der Waals surface area contributed by atoms with Crippen LogP contribution in [0.3, 0.4) is 0 Å². The van der Waals surface area contributed by atoms with E-state index >= 15 is 0 Å². The Morgan fingerprint density at radius 3 is 2.47 bits per heavy atom. The average molecular weight is 257 g/mol. The Balaban J connectivity index is 2.06. The normalized spacial score (nSPS) is 16.2. The van der Waals surface area contributed by atoms with Crippen molar-refractivity contribution in [2.75, 3.05) is 13.1 Å². The minimum Gasteiger partial charge on any atom is -0.338 e. The fraction of sp³-hybridized carbons (Fsp3) is 0.471. The van der Waals surface area contributed by atoms with Crippen molar-refractivity contribution in [1.29, 1.82) is 0 Å². The number of amides is 1. The smallest absolute Gasteiger partial charge is 0.228 e. The third kappa shape index (κ3) is 3.06. The molecule has 1 aliphatic rings. The summed E-state index contributed by atoms with van der Waals surface area (Å²) in [7, 11) is 0. The van der Waals surface area contributed by atoms with Gasteiger partial charge in [-0.3, -0.25) is 4.79 Å². The quantitative estimate of drug-likeness (QED) is 0.807. The number of hydrogen-bond donors (Lipinski definition) is 0. The molecule has 0 radical (unpaired) electrons. The summed E-state index contributed by atoms with van der Waals surface area (Å²) in [6, 6.07) is 10.4. The first-order valence-corrected chi connectivity index (χ1v) is 7.08. The minimum atomic E-state index is -0.238. The maximum Gasteiger partial charge on any atom is 0.228 e. The van der Waals surface area contributed by atoms with Crippen molar-refractivity contribution < 1.29 is 4.79 Å². The van der Waals surface area contributed by atoms with E-state index in [2.05, 4.69) is 37.3 Å². The van der Waals surface area contributed by atoms with Crippen molar-refractivity contribution in [2.45, 2.75) is 33.6 Å². The van der Waals surface area contributed by atoms with E-state index in [0.717, 1.165) is 25.9 Å². The Morgan fingerprint density at radius 1 is 1.26 bits per heavy atom. The summed E-state index contributed by atoms with van der Waals surface area (Å²) >= 11 is 0. The molecule has 0 bridgehead atoms. The van der Waals surface area contributed by atoms with Gasteiger partial charge in [0.1, 0.15) is 0 Å². The lowest BCUT2D eigenvalue weighted by Gasteiger charge is -2.33. The van der Waals surface area contributed by atoms with Gasteiger partial charge in [-0.25, -0.2) is 0 Å². The number of rotatable bonds is 3. The van der Waals surface area contributed by atoms with Gasteiger partial charge in [0.25, 0.3) is 0 Å². The fourth-order valence-corrected chi connectivity index (χ4v) is 2.35. The lowest BCUT2D eigenvalue weighted by molar-refractivity contribution is -0.140. The molecule has 1 aromatic rings. The molecule has 0 atom stereocenters. The van der Waals surface area contributed by atoms with E-state index in [-0.39, 0.29) is 11.3 Å². The molecule has 2 heteroatoms. The highest BCUT2D eigenvalue weighted by Gasteiger charge is 2.30. The topological polar surface area (TPSA) is 20.3 Å². The number of carbonyl (C=O) groups is 1. The van der Waals surface area contributed by atoms with Crippen LogP contribution in [0.5, 0.6) is 0 Å². The first kappa shape index (κ1) is 13.9. The molecule has 0 aromatic heterocycles. The Kier molecular flexibility index (Phi) is 4.08. The second-order valence-electron chi connectivity index (χ2n) is 5.83. The van der Waals surface area contributed by atoms with Crippen molar-refractivity contribution >= 4 is 11.5 Å². The zero-order chi connectivity index (χ0) is 13.9. The van der Waals surface area contributed by atoms with Crippen LogP contribution in [0.1, 0.15) is 39.2 Å². The molecule has 0 unspecified atom stereocenters. The molecule has 1 heterocycles. The number of carbonyl (C=O) groups excluding carboxylic acids is 1. The summed E-state index contributed by atoms with van der Waals surface area (Å²) in [5.41, 5.74) is 2.40. The van der Waals surface area contributed by atoms with E-state index in [9.17, 15) is 4.79 Å². The molecular weight excluding hydrogens is 234 g/mol. The molecule has 102 valence electrons. The second kappa shape index (κ2) is 5.60. The molecule has 0 saturated heterocycles. The molecule has 0 saturated carbocycles. The molecule has 1 aromatic carbocycles. The van der Waals surface area contributed by atoms with Crippen molar-refractivity contribution in [3.8, 4) is 0 Å². The van der Waals surface area contributed by atoms with Crippen LogP contribution >= 0.6 is 0 Å². The summed E-state index contributed by atoms with van der Waals surface area (Å²) in [6.45, 7) is 7.72. The zero-order valence-electron chi connectivity index (χ0n) is 12.1. The van der Waals surface area contributed by atoms with Crippen LogP contribution in [0, 0.1) is 5.41 Å². The Bertz CT molecular complexity index is 473. The predicted molar refractivity (Wildman–Crippen MR) is 79.7 cm³/mol. The molecule has 19 heavy (non-hydrogen) atoms. The largest absolute Gasteiger partial charge is 0.338 e. The van der Waals surface area contributed by atoms with Gasteiger partial charge in [0.05, 0.1) is 0 Å².